The van der Waals surface area contributed by atoms with Gasteiger partial charge in [-0.05, 0) is 31.6 Å². The summed E-state index contributed by atoms with van der Waals surface area (Å²) < 4.78 is 15.1. The number of carbonyl (C=O) groups is 1. The van der Waals surface area contributed by atoms with Crippen molar-refractivity contribution in [3.05, 3.63) is 0 Å². The number of rotatable bonds is 3. The number of hydrogen-bond acceptors (Lipinski definition) is 3. The molecule has 16 heavy (non-hydrogen) atoms. The molecule has 0 heterocycles. The fraction of sp³-hybridized carbons (Fsp3) is 0.909. The molecule has 4 nitrogen and oxygen atoms in total. The van der Waals surface area contributed by atoms with Gasteiger partial charge in [-0.15, -0.1) is 0 Å². The van der Waals surface area contributed by atoms with Crippen LogP contribution in [0.25, 0.3) is 0 Å². The lowest BCUT2D eigenvalue weighted by Crippen LogP contribution is -2.38. The van der Waals surface area contributed by atoms with Gasteiger partial charge in [0, 0.05) is 28.3 Å². The van der Waals surface area contributed by atoms with Crippen LogP contribution in [0.15, 0.2) is 4.36 Å². The molecule has 94 valence electrons. The van der Waals surface area contributed by atoms with E-state index in [4.69, 9.17) is 0 Å². The Hall–Kier alpha value is -0.580. The van der Waals surface area contributed by atoms with Crippen LogP contribution in [-0.4, -0.2) is 35.2 Å². The Morgan fingerprint density at radius 1 is 1.31 bits per heavy atom. The third-order valence-electron chi connectivity index (χ3n) is 2.90. The Bertz CT molecular complexity index is 343. The molecule has 0 spiro atoms. The Kier molecular flexibility index (Phi) is 4.77. The minimum absolute atomic E-state index is 0.0257. The Morgan fingerprint density at radius 2 is 1.88 bits per heavy atom. The van der Waals surface area contributed by atoms with Crippen molar-refractivity contribution in [1.82, 2.24) is 5.32 Å². The summed E-state index contributed by atoms with van der Waals surface area (Å²) in [6, 6.07) is 0.295. The maximum atomic E-state index is 11.5. The summed E-state index contributed by atoms with van der Waals surface area (Å²) in [6.07, 6.45) is 7.56. The van der Waals surface area contributed by atoms with Crippen LogP contribution in [0.1, 0.15) is 32.6 Å². The van der Waals surface area contributed by atoms with Crippen molar-refractivity contribution in [2.75, 3.05) is 19.1 Å². The largest absolute Gasteiger partial charge is 0.352 e. The van der Waals surface area contributed by atoms with Crippen molar-refractivity contribution in [3.8, 4) is 0 Å². The van der Waals surface area contributed by atoms with Gasteiger partial charge in [0.15, 0.2) is 0 Å². The van der Waals surface area contributed by atoms with E-state index in [1.165, 1.54) is 12.8 Å². The Balaban J connectivity index is 2.33. The van der Waals surface area contributed by atoms with E-state index in [1.54, 1.807) is 12.5 Å². The summed E-state index contributed by atoms with van der Waals surface area (Å²) in [4.78, 5) is 11.5. The van der Waals surface area contributed by atoms with Gasteiger partial charge in [0.2, 0.25) is 5.91 Å². The van der Waals surface area contributed by atoms with E-state index in [0.717, 1.165) is 18.8 Å². The highest BCUT2D eigenvalue weighted by atomic mass is 32.2. The summed E-state index contributed by atoms with van der Waals surface area (Å²) >= 11 is 0. The second kappa shape index (κ2) is 5.66. The predicted octanol–water partition coefficient (Wildman–Crippen LogP) is 1.41. The van der Waals surface area contributed by atoms with Crippen LogP contribution in [0, 0.1) is 5.92 Å². The van der Waals surface area contributed by atoms with Crippen molar-refractivity contribution in [3.63, 3.8) is 0 Å². The fourth-order valence-electron chi connectivity index (χ4n) is 1.89. The molecule has 0 unspecified atom stereocenters. The van der Waals surface area contributed by atoms with Crippen LogP contribution in [-0.2, 0) is 14.5 Å². The molecule has 1 saturated carbocycles. The van der Waals surface area contributed by atoms with Gasteiger partial charge in [0.1, 0.15) is 6.54 Å². The number of amides is 1. The maximum absolute atomic E-state index is 11.5. The van der Waals surface area contributed by atoms with Crippen LogP contribution in [0.3, 0.4) is 0 Å². The normalized spacial score (nSPS) is 26.2. The molecule has 1 fully saturated rings. The van der Waals surface area contributed by atoms with E-state index < -0.39 is 9.73 Å². The van der Waals surface area contributed by atoms with E-state index in [9.17, 15) is 9.00 Å². The summed E-state index contributed by atoms with van der Waals surface area (Å²) in [6.45, 7) is 2.27. The smallest absolute Gasteiger partial charge is 0.242 e. The molecule has 1 aliphatic rings. The van der Waals surface area contributed by atoms with Crippen molar-refractivity contribution >= 4 is 15.6 Å². The summed E-state index contributed by atoms with van der Waals surface area (Å²) in [5.74, 6) is 0.679. The van der Waals surface area contributed by atoms with Gasteiger partial charge in [-0.2, -0.15) is 0 Å². The van der Waals surface area contributed by atoms with E-state index in [0.29, 0.717) is 6.04 Å². The maximum Gasteiger partial charge on any atom is 0.242 e. The molecule has 1 N–H and O–H groups in total. The first-order chi connectivity index (χ1) is 7.37. The highest BCUT2D eigenvalue weighted by molar-refractivity contribution is 7.92. The van der Waals surface area contributed by atoms with Crippen molar-refractivity contribution in [2.45, 2.75) is 38.6 Å². The Labute approximate surface area is 98.4 Å². The van der Waals surface area contributed by atoms with E-state index in [1.807, 2.05) is 0 Å². The fourth-order valence-corrected chi connectivity index (χ4v) is 2.32. The van der Waals surface area contributed by atoms with Crippen molar-refractivity contribution < 1.29 is 9.00 Å². The molecule has 0 saturated heterocycles. The molecular weight excluding hydrogens is 224 g/mol. The number of nitrogens with one attached hydrogen (secondary N) is 1. The van der Waals surface area contributed by atoms with Crippen molar-refractivity contribution in [2.24, 2.45) is 10.3 Å². The second-order valence-electron chi connectivity index (χ2n) is 4.99. The molecule has 0 aromatic rings. The number of carbonyl (C=O) groups excluding carboxylic acids is 1. The van der Waals surface area contributed by atoms with Gasteiger partial charge in [-0.1, -0.05) is 6.92 Å². The first kappa shape index (κ1) is 13.5. The number of hydrogen-bond donors (Lipinski definition) is 1. The molecule has 0 aromatic heterocycles. The third kappa shape index (κ3) is 5.49. The topological polar surface area (TPSA) is 58.5 Å². The molecule has 0 bridgehead atoms. The highest BCUT2D eigenvalue weighted by Gasteiger charge is 2.19. The molecular formula is C11H22N2O2S. The number of nitrogens with zero attached hydrogens (tertiary/aromatic N) is 1. The molecule has 0 aliphatic heterocycles. The van der Waals surface area contributed by atoms with Gasteiger partial charge in [0.25, 0.3) is 0 Å². The van der Waals surface area contributed by atoms with Gasteiger partial charge in [-0.25, -0.2) is 4.36 Å². The quantitative estimate of drug-likeness (QED) is 0.818. The summed E-state index contributed by atoms with van der Waals surface area (Å²) in [5.41, 5.74) is 0. The second-order valence-corrected chi connectivity index (χ2v) is 7.61. The zero-order valence-corrected chi connectivity index (χ0v) is 11.2. The lowest BCUT2D eigenvalue weighted by molar-refractivity contribution is -0.120. The third-order valence-corrected chi connectivity index (χ3v) is 3.65. The van der Waals surface area contributed by atoms with Crippen LogP contribution in [0.2, 0.25) is 0 Å². The zero-order valence-electron chi connectivity index (χ0n) is 10.4. The van der Waals surface area contributed by atoms with Crippen LogP contribution in [0.4, 0.5) is 0 Å². The minimum atomic E-state index is -2.15. The molecule has 0 aromatic carbocycles. The van der Waals surface area contributed by atoms with Gasteiger partial charge >= 0.3 is 0 Å². The van der Waals surface area contributed by atoms with E-state index >= 15 is 0 Å². The lowest BCUT2D eigenvalue weighted by Gasteiger charge is -2.26. The minimum Gasteiger partial charge on any atom is -0.352 e. The van der Waals surface area contributed by atoms with Crippen LogP contribution < -0.4 is 5.32 Å². The molecule has 1 aliphatic carbocycles. The SMILES string of the molecule is CC1CCC(NC(=O)CN=S(C)(C)=O)CC1. The van der Waals surface area contributed by atoms with E-state index in [-0.39, 0.29) is 12.5 Å². The average Bonchev–Trinajstić information content (AvgIpc) is 2.18. The van der Waals surface area contributed by atoms with Crippen LogP contribution in [0.5, 0.6) is 0 Å². The molecule has 0 radical (unpaired) electrons. The molecule has 1 rings (SSSR count). The first-order valence-corrected chi connectivity index (χ1v) is 8.12. The zero-order chi connectivity index (χ0) is 12.2. The molecule has 1 amide bonds. The standard InChI is InChI=1S/C11H22N2O2S/c1-9-4-6-10(7-5-9)13-11(14)8-12-16(2,3)15/h9-10H,4-8H2,1-3H3,(H,13,14). The van der Waals surface area contributed by atoms with Gasteiger partial charge in [0.05, 0.1) is 0 Å². The summed E-state index contributed by atoms with van der Waals surface area (Å²) in [5, 5.41) is 2.95. The Morgan fingerprint density at radius 3 is 2.38 bits per heavy atom. The van der Waals surface area contributed by atoms with Gasteiger partial charge < -0.3 is 5.32 Å². The van der Waals surface area contributed by atoms with Crippen molar-refractivity contribution in [1.29, 1.82) is 0 Å². The lowest BCUT2D eigenvalue weighted by atomic mass is 9.87. The average molecular weight is 246 g/mol. The first-order valence-electron chi connectivity index (χ1n) is 5.79. The van der Waals surface area contributed by atoms with Crippen LogP contribution >= 0.6 is 0 Å². The highest BCUT2D eigenvalue weighted by Crippen LogP contribution is 2.23. The van der Waals surface area contributed by atoms with Gasteiger partial charge in [-0.3, -0.25) is 9.00 Å². The molecule has 5 heteroatoms. The predicted molar refractivity (Wildman–Crippen MR) is 66.8 cm³/mol. The molecule has 0 atom stereocenters. The summed E-state index contributed by atoms with van der Waals surface area (Å²) in [7, 11) is -2.15. The van der Waals surface area contributed by atoms with E-state index in [2.05, 4.69) is 16.6 Å². The monoisotopic (exact) mass is 246 g/mol.